The van der Waals surface area contributed by atoms with E-state index < -0.39 is 11.6 Å². The minimum atomic E-state index is -2.25. The van der Waals surface area contributed by atoms with Crippen molar-refractivity contribution in [3.8, 4) is 11.5 Å². The summed E-state index contributed by atoms with van der Waals surface area (Å²) in [6.45, 7) is 7.40. The molecule has 0 aliphatic rings. The Labute approximate surface area is 147 Å². The molecule has 0 saturated heterocycles. The molecule has 0 aliphatic carbocycles. The Morgan fingerprint density at radius 1 is 0.920 bits per heavy atom. The van der Waals surface area contributed by atoms with E-state index in [9.17, 15) is 15.0 Å². The molecule has 0 spiro atoms. The Bertz CT molecular complexity index is 724. The van der Waals surface area contributed by atoms with Crippen molar-refractivity contribution in [1.29, 1.82) is 0 Å². The van der Waals surface area contributed by atoms with Crippen LogP contribution in [0.3, 0.4) is 0 Å². The molecule has 2 aromatic rings. The summed E-state index contributed by atoms with van der Waals surface area (Å²) >= 11 is 0. The van der Waals surface area contributed by atoms with Crippen molar-refractivity contribution in [3.63, 3.8) is 0 Å². The smallest absolute Gasteiger partial charge is 0.345 e. The molecule has 0 heterocycles. The average Bonchev–Trinajstić information content (AvgIpc) is 2.55. The lowest BCUT2D eigenvalue weighted by molar-refractivity contribution is -0.155. The minimum absolute atomic E-state index is 0.126. The molecule has 5 nitrogen and oxygen atoms in total. The maximum atomic E-state index is 12.0. The quantitative estimate of drug-likeness (QED) is 0.803. The third-order valence-corrected chi connectivity index (χ3v) is 3.59. The minimum Gasteiger partial charge on any atom is -0.487 e. The van der Waals surface area contributed by atoms with Crippen LogP contribution in [0.1, 0.15) is 38.8 Å². The summed E-state index contributed by atoms with van der Waals surface area (Å²) in [5, 5.41) is 21.0. The summed E-state index contributed by atoms with van der Waals surface area (Å²) < 4.78 is 11.6. The van der Waals surface area contributed by atoms with Crippen LogP contribution in [0.5, 0.6) is 11.5 Å². The van der Waals surface area contributed by atoms with E-state index in [2.05, 4.69) is 0 Å². The van der Waals surface area contributed by atoms with Gasteiger partial charge in [-0.05, 0) is 39.3 Å². The molecule has 1 unspecified atom stereocenters. The van der Waals surface area contributed by atoms with Gasteiger partial charge in [-0.15, -0.1) is 0 Å². The van der Waals surface area contributed by atoms with Crippen molar-refractivity contribution >= 4 is 5.97 Å². The van der Waals surface area contributed by atoms with Gasteiger partial charge in [-0.1, -0.05) is 42.5 Å². The molecule has 2 N–H and O–H groups in total. The van der Waals surface area contributed by atoms with Gasteiger partial charge in [-0.3, -0.25) is 0 Å². The lowest BCUT2D eigenvalue weighted by atomic mass is 9.85. The fourth-order valence-electron chi connectivity index (χ4n) is 2.58. The Kier molecular flexibility index (Phi) is 5.69. The predicted octanol–water partition coefficient (Wildman–Crippen LogP) is 3.58. The SMILES string of the molecule is CC(C)Oc1cccc(C(O)(C(=O)O)c2ccccc2)c1OC(C)C. The Morgan fingerprint density at radius 3 is 2.04 bits per heavy atom. The molecule has 0 saturated carbocycles. The second kappa shape index (κ2) is 7.57. The van der Waals surface area contributed by atoms with Gasteiger partial charge in [-0.2, -0.15) is 0 Å². The number of hydrogen-bond donors (Lipinski definition) is 2. The molecule has 134 valence electrons. The van der Waals surface area contributed by atoms with Crippen LogP contribution in [0.2, 0.25) is 0 Å². The maximum absolute atomic E-state index is 12.0. The summed E-state index contributed by atoms with van der Waals surface area (Å²) in [6.07, 6.45) is -0.344. The Balaban J connectivity index is 2.71. The number of benzene rings is 2. The van der Waals surface area contributed by atoms with Crippen LogP contribution in [-0.2, 0) is 10.4 Å². The molecule has 0 radical (unpaired) electrons. The summed E-state index contributed by atoms with van der Waals surface area (Å²) in [7, 11) is 0. The zero-order valence-electron chi connectivity index (χ0n) is 14.9. The molecular weight excluding hydrogens is 320 g/mol. The highest BCUT2D eigenvalue weighted by atomic mass is 16.5. The molecule has 5 heteroatoms. The standard InChI is InChI=1S/C20H24O5/c1-13(2)24-17-12-8-11-16(18(17)25-14(3)4)20(23,19(21)22)15-9-6-5-7-10-15/h5-14,23H,1-4H3,(H,21,22). The highest BCUT2D eigenvalue weighted by Crippen LogP contribution is 2.42. The van der Waals surface area contributed by atoms with Crippen LogP contribution in [0.15, 0.2) is 48.5 Å². The van der Waals surface area contributed by atoms with Gasteiger partial charge >= 0.3 is 5.97 Å². The van der Waals surface area contributed by atoms with Crippen LogP contribution in [-0.4, -0.2) is 28.4 Å². The van der Waals surface area contributed by atoms with E-state index in [0.29, 0.717) is 5.75 Å². The number of carboxylic acids is 1. The number of carbonyl (C=O) groups is 1. The summed E-state index contributed by atoms with van der Waals surface area (Å²) in [6, 6.07) is 13.2. The van der Waals surface area contributed by atoms with E-state index >= 15 is 0 Å². The number of carboxylic acid groups (broad SMARTS) is 1. The molecule has 0 aliphatic heterocycles. The molecule has 0 bridgehead atoms. The van der Waals surface area contributed by atoms with Gasteiger partial charge in [0.05, 0.1) is 12.2 Å². The van der Waals surface area contributed by atoms with E-state index in [-0.39, 0.29) is 29.1 Å². The van der Waals surface area contributed by atoms with Crippen molar-refractivity contribution in [1.82, 2.24) is 0 Å². The van der Waals surface area contributed by atoms with Crippen molar-refractivity contribution in [2.24, 2.45) is 0 Å². The van der Waals surface area contributed by atoms with Crippen LogP contribution >= 0.6 is 0 Å². The van der Waals surface area contributed by atoms with Gasteiger partial charge in [0, 0.05) is 5.56 Å². The second-order valence-electron chi connectivity index (χ2n) is 6.35. The molecule has 25 heavy (non-hydrogen) atoms. The highest BCUT2D eigenvalue weighted by molar-refractivity contribution is 5.85. The molecule has 2 rings (SSSR count). The molecule has 2 aromatic carbocycles. The van der Waals surface area contributed by atoms with Crippen LogP contribution in [0, 0.1) is 0 Å². The van der Waals surface area contributed by atoms with Crippen LogP contribution in [0.25, 0.3) is 0 Å². The number of para-hydroxylation sites is 1. The fraction of sp³-hybridized carbons (Fsp3) is 0.350. The first-order valence-electron chi connectivity index (χ1n) is 8.25. The number of hydrogen-bond acceptors (Lipinski definition) is 4. The molecule has 0 aromatic heterocycles. The molecule has 0 amide bonds. The Morgan fingerprint density at radius 2 is 1.52 bits per heavy atom. The number of aliphatic carboxylic acids is 1. The zero-order valence-corrected chi connectivity index (χ0v) is 14.9. The maximum Gasteiger partial charge on any atom is 0.345 e. The van der Waals surface area contributed by atoms with E-state index in [1.165, 1.54) is 0 Å². The normalized spacial score (nSPS) is 13.6. The number of ether oxygens (including phenoxy) is 2. The predicted molar refractivity (Wildman–Crippen MR) is 95.0 cm³/mol. The zero-order chi connectivity index (χ0) is 18.6. The van der Waals surface area contributed by atoms with E-state index in [1.54, 1.807) is 48.5 Å². The first-order chi connectivity index (χ1) is 11.8. The van der Waals surface area contributed by atoms with Crippen molar-refractivity contribution in [2.75, 3.05) is 0 Å². The first kappa shape index (κ1) is 18.8. The van der Waals surface area contributed by atoms with Gasteiger partial charge < -0.3 is 19.7 Å². The van der Waals surface area contributed by atoms with Gasteiger partial charge in [0.25, 0.3) is 0 Å². The van der Waals surface area contributed by atoms with Gasteiger partial charge in [0.1, 0.15) is 0 Å². The average molecular weight is 344 g/mol. The van der Waals surface area contributed by atoms with Crippen molar-refractivity contribution in [3.05, 3.63) is 59.7 Å². The second-order valence-corrected chi connectivity index (χ2v) is 6.35. The third kappa shape index (κ3) is 3.94. The summed E-state index contributed by atoms with van der Waals surface area (Å²) in [5.41, 5.74) is -1.86. The lowest BCUT2D eigenvalue weighted by Gasteiger charge is -2.28. The number of aliphatic hydroxyl groups is 1. The van der Waals surface area contributed by atoms with E-state index in [0.717, 1.165) is 0 Å². The largest absolute Gasteiger partial charge is 0.487 e. The third-order valence-electron chi connectivity index (χ3n) is 3.59. The highest BCUT2D eigenvalue weighted by Gasteiger charge is 2.43. The number of rotatable bonds is 7. The summed E-state index contributed by atoms with van der Waals surface area (Å²) in [5.74, 6) is -0.745. The topological polar surface area (TPSA) is 76.0 Å². The van der Waals surface area contributed by atoms with E-state index in [4.69, 9.17) is 9.47 Å². The van der Waals surface area contributed by atoms with Crippen LogP contribution < -0.4 is 9.47 Å². The molecule has 1 atom stereocenters. The molecule has 0 fully saturated rings. The van der Waals surface area contributed by atoms with Gasteiger partial charge in [0.2, 0.25) is 5.60 Å². The monoisotopic (exact) mass is 344 g/mol. The molecular formula is C20H24O5. The van der Waals surface area contributed by atoms with Crippen molar-refractivity contribution in [2.45, 2.75) is 45.5 Å². The van der Waals surface area contributed by atoms with Crippen molar-refractivity contribution < 1.29 is 24.5 Å². The first-order valence-corrected chi connectivity index (χ1v) is 8.25. The fourth-order valence-corrected chi connectivity index (χ4v) is 2.58. The van der Waals surface area contributed by atoms with E-state index in [1.807, 2.05) is 27.7 Å². The lowest BCUT2D eigenvalue weighted by Crippen LogP contribution is -2.37. The van der Waals surface area contributed by atoms with Gasteiger partial charge in [-0.25, -0.2) is 4.79 Å². The summed E-state index contributed by atoms with van der Waals surface area (Å²) in [4.78, 5) is 12.0. The Hall–Kier alpha value is -2.53. The van der Waals surface area contributed by atoms with Gasteiger partial charge in [0.15, 0.2) is 11.5 Å². The van der Waals surface area contributed by atoms with Crippen LogP contribution in [0.4, 0.5) is 0 Å².